The molecule has 0 N–H and O–H groups in total. The minimum absolute atomic E-state index is 0.0331. The Morgan fingerprint density at radius 2 is 1.27 bits per heavy atom. The van der Waals surface area contributed by atoms with E-state index < -0.39 is 0 Å². The Bertz CT molecular complexity index is 616. The molecule has 0 radical (unpaired) electrons. The van der Waals surface area contributed by atoms with Crippen LogP contribution in [0.1, 0.15) is 56.2 Å². The largest absolute Gasteiger partial charge is 0.207 e. The Labute approximate surface area is 131 Å². The van der Waals surface area contributed by atoms with E-state index in [0.717, 1.165) is 23.3 Å². The van der Waals surface area contributed by atoms with Crippen molar-refractivity contribution in [2.24, 2.45) is 0 Å². The monoisotopic (exact) mass is 308 g/mol. The maximum absolute atomic E-state index is 13.1. The SMILES string of the molecule is CC(C)c1cc(F)ccc1F.Cc1ccc(C(C)C)c(F)c1. The lowest BCUT2D eigenvalue weighted by Gasteiger charge is -2.06. The lowest BCUT2D eigenvalue weighted by molar-refractivity contribution is 0.575. The molecule has 2 aromatic carbocycles. The molecule has 0 atom stereocenters. The van der Waals surface area contributed by atoms with Crippen molar-refractivity contribution in [3.8, 4) is 0 Å². The third-order valence-corrected chi connectivity index (χ3v) is 3.36. The van der Waals surface area contributed by atoms with Gasteiger partial charge in [-0.25, -0.2) is 13.2 Å². The molecule has 2 aromatic rings. The summed E-state index contributed by atoms with van der Waals surface area (Å²) in [5.41, 5.74) is 2.22. The molecule has 0 aromatic heterocycles. The summed E-state index contributed by atoms with van der Waals surface area (Å²) in [6, 6.07) is 8.90. The topological polar surface area (TPSA) is 0 Å². The van der Waals surface area contributed by atoms with E-state index in [9.17, 15) is 13.2 Å². The quantitative estimate of drug-likeness (QED) is 0.606. The Hall–Kier alpha value is -1.77. The first-order chi connectivity index (χ1) is 10.2. The van der Waals surface area contributed by atoms with Crippen LogP contribution in [0.15, 0.2) is 36.4 Å². The summed E-state index contributed by atoms with van der Waals surface area (Å²) in [7, 11) is 0. The fourth-order valence-electron chi connectivity index (χ4n) is 2.06. The predicted octanol–water partition coefficient (Wildman–Crippen LogP) is 6.35. The lowest BCUT2D eigenvalue weighted by atomic mass is 10.0. The van der Waals surface area contributed by atoms with Crippen molar-refractivity contribution in [3.05, 3.63) is 70.5 Å². The molecule has 22 heavy (non-hydrogen) atoms. The highest BCUT2D eigenvalue weighted by atomic mass is 19.1. The van der Waals surface area contributed by atoms with Gasteiger partial charge in [-0.2, -0.15) is 0 Å². The summed E-state index contributed by atoms with van der Waals surface area (Å²) in [6.07, 6.45) is 0. The average Bonchev–Trinajstić information content (AvgIpc) is 2.41. The van der Waals surface area contributed by atoms with Gasteiger partial charge in [0.2, 0.25) is 0 Å². The van der Waals surface area contributed by atoms with Crippen molar-refractivity contribution >= 4 is 0 Å². The highest BCUT2D eigenvalue weighted by Gasteiger charge is 2.06. The second kappa shape index (κ2) is 8.02. The van der Waals surface area contributed by atoms with E-state index in [-0.39, 0.29) is 29.3 Å². The van der Waals surface area contributed by atoms with E-state index in [2.05, 4.69) is 0 Å². The fourth-order valence-corrected chi connectivity index (χ4v) is 2.06. The van der Waals surface area contributed by atoms with Gasteiger partial charge >= 0.3 is 0 Å². The highest BCUT2D eigenvalue weighted by Crippen LogP contribution is 2.19. The lowest BCUT2D eigenvalue weighted by Crippen LogP contribution is -1.93. The zero-order valence-corrected chi connectivity index (χ0v) is 13.8. The van der Waals surface area contributed by atoms with E-state index in [0.29, 0.717) is 5.56 Å². The second-order valence-corrected chi connectivity index (χ2v) is 6.00. The van der Waals surface area contributed by atoms with Gasteiger partial charge in [-0.15, -0.1) is 0 Å². The van der Waals surface area contributed by atoms with Crippen molar-refractivity contribution < 1.29 is 13.2 Å². The molecule has 0 spiro atoms. The highest BCUT2D eigenvalue weighted by molar-refractivity contribution is 5.25. The summed E-state index contributed by atoms with van der Waals surface area (Å²) < 4.78 is 38.5. The van der Waals surface area contributed by atoms with Crippen molar-refractivity contribution in [1.29, 1.82) is 0 Å². The van der Waals surface area contributed by atoms with Crippen molar-refractivity contribution in [2.75, 3.05) is 0 Å². The number of aryl methyl sites for hydroxylation is 1. The molecule has 0 aliphatic heterocycles. The molecule has 0 bridgehead atoms. The molecule has 0 nitrogen and oxygen atoms in total. The Balaban J connectivity index is 0.000000220. The standard InChI is InChI=1S/C10H13F.C9H10F2/c1-7(2)9-5-4-8(3)6-10(9)11;1-6(2)8-5-7(10)3-4-9(8)11/h4-7H,1-3H3;3-6H,1-2H3. The maximum atomic E-state index is 13.1. The fraction of sp³-hybridized carbons (Fsp3) is 0.368. The van der Waals surface area contributed by atoms with Gasteiger partial charge in [0.25, 0.3) is 0 Å². The average molecular weight is 308 g/mol. The van der Waals surface area contributed by atoms with Gasteiger partial charge in [0, 0.05) is 0 Å². The maximum Gasteiger partial charge on any atom is 0.126 e. The van der Waals surface area contributed by atoms with E-state index in [4.69, 9.17) is 0 Å². The van der Waals surface area contributed by atoms with Crippen LogP contribution in [0.25, 0.3) is 0 Å². The molecule has 0 heterocycles. The van der Waals surface area contributed by atoms with Gasteiger partial charge in [0.15, 0.2) is 0 Å². The van der Waals surface area contributed by atoms with Crippen LogP contribution in [-0.4, -0.2) is 0 Å². The number of benzene rings is 2. The molecule has 120 valence electrons. The van der Waals surface area contributed by atoms with Crippen LogP contribution in [0.2, 0.25) is 0 Å². The molecule has 0 fully saturated rings. The molecule has 0 aliphatic carbocycles. The summed E-state index contributed by atoms with van der Waals surface area (Å²) >= 11 is 0. The van der Waals surface area contributed by atoms with Gasteiger partial charge in [-0.3, -0.25) is 0 Å². The van der Waals surface area contributed by atoms with Gasteiger partial charge in [-0.1, -0.05) is 39.8 Å². The van der Waals surface area contributed by atoms with Crippen LogP contribution >= 0.6 is 0 Å². The first-order valence-electron chi connectivity index (χ1n) is 7.43. The van der Waals surface area contributed by atoms with Gasteiger partial charge in [-0.05, 0) is 59.7 Å². The molecule has 0 saturated heterocycles. The van der Waals surface area contributed by atoms with Crippen LogP contribution in [0.3, 0.4) is 0 Å². The van der Waals surface area contributed by atoms with Crippen LogP contribution in [0.5, 0.6) is 0 Å². The minimum atomic E-state index is -0.380. The van der Waals surface area contributed by atoms with Crippen LogP contribution in [-0.2, 0) is 0 Å². The second-order valence-electron chi connectivity index (χ2n) is 6.00. The zero-order chi connectivity index (χ0) is 16.9. The minimum Gasteiger partial charge on any atom is -0.207 e. The molecule has 0 amide bonds. The van der Waals surface area contributed by atoms with Crippen molar-refractivity contribution in [2.45, 2.75) is 46.5 Å². The van der Waals surface area contributed by atoms with Gasteiger partial charge in [0.1, 0.15) is 17.5 Å². The molecular weight excluding hydrogens is 285 g/mol. The molecular formula is C19H23F3. The Morgan fingerprint density at radius 1 is 0.682 bits per heavy atom. The van der Waals surface area contributed by atoms with E-state index in [1.165, 1.54) is 6.07 Å². The molecule has 0 aliphatic rings. The zero-order valence-electron chi connectivity index (χ0n) is 13.8. The van der Waals surface area contributed by atoms with Gasteiger partial charge in [0.05, 0.1) is 0 Å². The first kappa shape index (κ1) is 18.3. The third kappa shape index (κ3) is 5.21. The smallest absolute Gasteiger partial charge is 0.126 e. The van der Waals surface area contributed by atoms with Crippen LogP contribution in [0, 0.1) is 24.4 Å². The summed E-state index contributed by atoms with van der Waals surface area (Å²) in [6.45, 7) is 9.55. The van der Waals surface area contributed by atoms with Crippen molar-refractivity contribution in [3.63, 3.8) is 0 Å². The van der Waals surface area contributed by atoms with E-state index in [1.807, 2.05) is 46.8 Å². The number of hydrogen-bond donors (Lipinski definition) is 0. The predicted molar refractivity (Wildman–Crippen MR) is 85.7 cm³/mol. The van der Waals surface area contributed by atoms with E-state index in [1.54, 1.807) is 6.07 Å². The van der Waals surface area contributed by atoms with E-state index >= 15 is 0 Å². The molecule has 0 unspecified atom stereocenters. The van der Waals surface area contributed by atoms with Gasteiger partial charge < -0.3 is 0 Å². The Kier molecular flexibility index (Phi) is 6.66. The Morgan fingerprint density at radius 3 is 1.73 bits per heavy atom. The number of rotatable bonds is 2. The molecule has 0 saturated carbocycles. The van der Waals surface area contributed by atoms with Crippen LogP contribution < -0.4 is 0 Å². The number of halogens is 3. The number of hydrogen-bond acceptors (Lipinski definition) is 0. The first-order valence-corrected chi connectivity index (χ1v) is 7.43. The summed E-state index contributed by atoms with van der Waals surface area (Å²) in [5, 5.41) is 0. The van der Waals surface area contributed by atoms with Crippen LogP contribution in [0.4, 0.5) is 13.2 Å². The third-order valence-electron chi connectivity index (χ3n) is 3.36. The molecule has 2 rings (SSSR count). The summed E-state index contributed by atoms with van der Waals surface area (Å²) in [5.74, 6) is -0.488. The molecule has 3 heteroatoms. The van der Waals surface area contributed by atoms with Crippen molar-refractivity contribution in [1.82, 2.24) is 0 Å². The summed E-state index contributed by atoms with van der Waals surface area (Å²) in [4.78, 5) is 0. The normalized spacial score (nSPS) is 10.6.